The highest BCUT2D eigenvalue weighted by Gasteiger charge is 2.20. The van der Waals surface area contributed by atoms with Gasteiger partial charge < -0.3 is 10.2 Å². The van der Waals surface area contributed by atoms with Crippen molar-refractivity contribution < 1.29 is 0 Å². The first-order chi connectivity index (χ1) is 7.01. The summed E-state index contributed by atoms with van der Waals surface area (Å²) >= 11 is 0. The maximum Gasteiger partial charge on any atom is 0.00300 e. The van der Waals surface area contributed by atoms with Crippen LogP contribution in [0.15, 0.2) is 0 Å². The van der Waals surface area contributed by atoms with Gasteiger partial charge in [-0.15, -0.1) is 0 Å². The third kappa shape index (κ3) is 5.53. The van der Waals surface area contributed by atoms with E-state index in [1.165, 1.54) is 45.6 Å². The van der Waals surface area contributed by atoms with Gasteiger partial charge in [0.05, 0.1) is 0 Å². The molecule has 1 heterocycles. The molecule has 0 amide bonds. The van der Waals surface area contributed by atoms with E-state index < -0.39 is 0 Å². The van der Waals surface area contributed by atoms with E-state index in [2.05, 4.69) is 37.9 Å². The Hall–Kier alpha value is -0.0800. The van der Waals surface area contributed by atoms with Gasteiger partial charge in [-0.25, -0.2) is 0 Å². The predicted octanol–water partition coefficient (Wildman–Crippen LogP) is 2.35. The van der Waals surface area contributed by atoms with Gasteiger partial charge in [0, 0.05) is 13.1 Å². The quantitative estimate of drug-likeness (QED) is 0.769. The zero-order chi connectivity index (χ0) is 11.3. The van der Waals surface area contributed by atoms with Gasteiger partial charge in [0.1, 0.15) is 0 Å². The molecule has 0 aromatic heterocycles. The average molecular weight is 212 g/mol. The largest absolute Gasteiger partial charge is 0.317 e. The van der Waals surface area contributed by atoms with Gasteiger partial charge in [0.15, 0.2) is 0 Å². The Kier molecular flexibility index (Phi) is 5.07. The van der Waals surface area contributed by atoms with Crippen LogP contribution in [-0.2, 0) is 0 Å². The zero-order valence-electron chi connectivity index (χ0n) is 11.0. The second kappa shape index (κ2) is 5.86. The Bertz CT molecular complexity index is 166. The van der Waals surface area contributed by atoms with Crippen molar-refractivity contribution in [2.75, 3.05) is 32.7 Å². The van der Waals surface area contributed by atoms with E-state index in [0.717, 1.165) is 5.92 Å². The van der Waals surface area contributed by atoms with Crippen LogP contribution in [0.25, 0.3) is 0 Å². The van der Waals surface area contributed by atoms with Crippen molar-refractivity contribution in [3.63, 3.8) is 0 Å². The minimum atomic E-state index is 0.433. The molecule has 1 aliphatic rings. The van der Waals surface area contributed by atoms with Crippen molar-refractivity contribution in [1.82, 2.24) is 10.2 Å². The number of nitrogens with zero attached hydrogens (tertiary/aromatic N) is 1. The SMILES string of the molecule is CCN(CC1CCNCC1)CC(C)(C)C. The standard InChI is InChI=1S/C13H28N2/c1-5-15(11-13(2,3)4)10-12-6-8-14-9-7-12/h12,14H,5-11H2,1-4H3. The first-order valence-electron chi connectivity index (χ1n) is 6.44. The highest BCUT2D eigenvalue weighted by atomic mass is 15.1. The lowest BCUT2D eigenvalue weighted by Crippen LogP contribution is -2.39. The highest BCUT2D eigenvalue weighted by Crippen LogP contribution is 2.18. The molecule has 0 aliphatic carbocycles. The molecule has 90 valence electrons. The molecule has 0 atom stereocenters. The number of rotatable bonds is 4. The summed E-state index contributed by atoms with van der Waals surface area (Å²) in [6.45, 7) is 15.4. The first-order valence-corrected chi connectivity index (χ1v) is 6.44. The van der Waals surface area contributed by atoms with E-state index in [9.17, 15) is 0 Å². The van der Waals surface area contributed by atoms with Crippen LogP contribution < -0.4 is 5.32 Å². The van der Waals surface area contributed by atoms with Crippen LogP contribution in [0, 0.1) is 11.3 Å². The Labute approximate surface area is 95.4 Å². The maximum absolute atomic E-state index is 3.44. The monoisotopic (exact) mass is 212 g/mol. The minimum Gasteiger partial charge on any atom is -0.317 e. The molecule has 15 heavy (non-hydrogen) atoms. The lowest BCUT2D eigenvalue weighted by Gasteiger charge is -2.33. The van der Waals surface area contributed by atoms with Crippen LogP contribution >= 0.6 is 0 Å². The molecular formula is C13H28N2. The lowest BCUT2D eigenvalue weighted by atomic mass is 9.93. The Balaban J connectivity index is 2.31. The molecule has 2 heteroatoms. The molecule has 1 saturated heterocycles. The molecule has 1 rings (SSSR count). The molecule has 0 spiro atoms. The number of hydrogen-bond acceptors (Lipinski definition) is 2. The summed E-state index contributed by atoms with van der Waals surface area (Å²) in [7, 11) is 0. The topological polar surface area (TPSA) is 15.3 Å². The van der Waals surface area contributed by atoms with E-state index >= 15 is 0 Å². The molecule has 0 saturated carbocycles. The lowest BCUT2D eigenvalue weighted by molar-refractivity contribution is 0.160. The van der Waals surface area contributed by atoms with Gasteiger partial charge in [-0.2, -0.15) is 0 Å². The van der Waals surface area contributed by atoms with Crippen LogP contribution in [-0.4, -0.2) is 37.6 Å². The van der Waals surface area contributed by atoms with Gasteiger partial charge in [-0.3, -0.25) is 0 Å². The van der Waals surface area contributed by atoms with Crippen molar-refractivity contribution in [1.29, 1.82) is 0 Å². The van der Waals surface area contributed by atoms with E-state index in [0.29, 0.717) is 5.41 Å². The first kappa shape index (κ1) is 13.0. The van der Waals surface area contributed by atoms with E-state index in [1.54, 1.807) is 0 Å². The average Bonchev–Trinajstić information content (AvgIpc) is 2.16. The summed E-state index contributed by atoms with van der Waals surface area (Å²) in [6.07, 6.45) is 2.72. The summed E-state index contributed by atoms with van der Waals surface area (Å²) in [4.78, 5) is 2.62. The second-order valence-electron chi connectivity index (χ2n) is 6.08. The van der Waals surface area contributed by atoms with Crippen molar-refractivity contribution in [2.24, 2.45) is 11.3 Å². The van der Waals surface area contributed by atoms with Gasteiger partial charge in [-0.1, -0.05) is 27.7 Å². The molecule has 0 radical (unpaired) electrons. The molecule has 1 N–H and O–H groups in total. The number of hydrogen-bond donors (Lipinski definition) is 1. The highest BCUT2D eigenvalue weighted by molar-refractivity contribution is 4.75. The van der Waals surface area contributed by atoms with Crippen molar-refractivity contribution in [2.45, 2.75) is 40.5 Å². The number of nitrogens with one attached hydrogen (secondary N) is 1. The summed E-state index contributed by atoms with van der Waals surface area (Å²) in [6, 6.07) is 0. The summed E-state index contributed by atoms with van der Waals surface area (Å²) in [5.74, 6) is 0.925. The molecule has 0 bridgehead atoms. The minimum absolute atomic E-state index is 0.433. The van der Waals surface area contributed by atoms with Gasteiger partial charge in [0.25, 0.3) is 0 Å². The maximum atomic E-state index is 3.44. The second-order valence-corrected chi connectivity index (χ2v) is 6.08. The predicted molar refractivity (Wildman–Crippen MR) is 67.2 cm³/mol. The van der Waals surface area contributed by atoms with E-state index in [4.69, 9.17) is 0 Å². The summed E-state index contributed by atoms with van der Waals surface area (Å²) in [5.41, 5.74) is 0.433. The molecule has 2 nitrogen and oxygen atoms in total. The van der Waals surface area contributed by atoms with Gasteiger partial charge in [-0.05, 0) is 43.8 Å². The molecular weight excluding hydrogens is 184 g/mol. The van der Waals surface area contributed by atoms with E-state index in [-0.39, 0.29) is 0 Å². The number of piperidine rings is 1. The molecule has 1 aliphatic heterocycles. The molecule has 1 fully saturated rings. The summed E-state index contributed by atoms with van der Waals surface area (Å²) in [5, 5.41) is 3.44. The van der Waals surface area contributed by atoms with Gasteiger partial charge >= 0.3 is 0 Å². The van der Waals surface area contributed by atoms with Crippen LogP contribution in [0.5, 0.6) is 0 Å². The van der Waals surface area contributed by atoms with Crippen LogP contribution in [0.1, 0.15) is 40.5 Å². The third-order valence-corrected chi connectivity index (χ3v) is 3.12. The zero-order valence-corrected chi connectivity index (χ0v) is 11.0. The Morgan fingerprint density at radius 3 is 2.27 bits per heavy atom. The molecule has 0 unspecified atom stereocenters. The normalized spacial score (nSPS) is 19.8. The molecule has 0 aromatic carbocycles. The van der Waals surface area contributed by atoms with Gasteiger partial charge in [0.2, 0.25) is 0 Å². The van der Waals surface area contributed by atoms with E-state index in [1.807, 2.05) is 0 Å². The third-order valence-electron chi connectivity index (χ3n) is 3.12. The van der Waals surface area contributed by atoms with Crippen molar-refractivity contribution >= 4 is 0 Å². The fourth-order valence-corrected chi connectivity index (χ4v) is 2.41. The van der Waals surface area contributed by atoms with Crippen LogP contribution in [0.3, 0.4) is 0 Å². The fourth-order valence-electron chi connectivity index (χ4n) is 2.41. The Morgan fingerprint density at radius 2 is 1.80 bits per heavy atom. The fraction of sp³-hybridized carbons (Fsp3) is 1.00. The van der Waals surface area contributed by atoms with Crippen molar-refractivity contribution in [3.8, 4) is 0 Å². The van der Waals surface area contributed by atoms with Crippen molar-refractivity contribution in [3.05, 3.63) is 0 Å². The smallest absolute Gasteiger partial charge is 0.00300 e. The summed E-state index contributed by atoms with van der Waals surface area (Å²) < 4.78 is 0. The molecule has 0 aromatic rings. The van der Waals surface area contributed by atoms with Crippen LogP contribution in [0.2, 0.25) is 0 Å². The van der Waals surface area contributed by atoms with Crippen LogP contribution in [0.4, 0.5) is 0 Å². The Morgan fingerprint density at radius 1 is 1.20 bits per heavy atom.